The molecule has 0 spiro atoms. The van der Waals surface area contributed by atoms with Crippen LogP contribution in [0.1, 0.15) is 5.56 Å². The van der Waals surface area contributed by atoms with E-state index in [-0.39, 0.29) is 18.0 Å². The number of benzene rings is 2. The van der Waals surface area contributed by atoms with E-state index in [4.69, 9.17) is 11.6 Å². The van der Waals surface area contributed by atoms with Crippen molar-refractivity contribution in [3.63, 3.8) is 0 Å². The molecule has 0 aliphatic rings. The predicted molar refractivity (Wildman–Crippen MR) is 91.3 cm³/mol. The van der Waals surface area contributed by atoms with E-state index in [2.05, 4.69) is 15.4 Å². The number of hydrogen-bond acceptors (Lipinski definition) is 3. The highest BCUT2D eigenvalue weighted by atomic mass is 35.5. The molecule has 0 radical (unpaired) electrons. The second-order valence-corrected chi connectivity index (χ2v) is 5.84. The van der Waals surface area contributed by atoms with Gasteiger partial charge in [0.1, 0.15) is 11.6 Å². The molecule has 2 rings (SSSR count). The summed E-state index contributed by atoms with van der Waals surface area (Å²) < 4.78 is 54.8. The van der Waals surface area contributed by atoms with E-state index in [1.54, 1.807) is 25.1 Å². The van der Waals surface area contributed by atoms with Crippen LogP contribution < -0.4 is 15.4 Å². The van der Waals surface area contributed by atoms with E-state index in [0.717, 1.165) is 23.8 Å². The maximum atomic E-state index is 13.4. The van der Waals surface area contributed by atoms with Gasteiger partial charge in [-0.2, -0.15) is 13.2 Å². The minimum absolute atomic E-state index is 0.0628. The zero-order chi connectivity index (χ0) is 19.3. The zero-order valence-corrected chi connectivity index (χ0v) is 14.3. The van der Waals surface area contributed by atoms with Crippen molar-refractivity contribution in [2.45, 2.75) is 13.1 Å². The van der Waals surface area contributed by atoms with Gasteiger partial charge in [0.25, 0.3) is 0 Å². The molecule has 26 heavy (non-hydrogen) atoms. The van der Waals surface area contributed by atoms with Gasteiger partial charge in [-0.1, -0.05) is 17.7 Å². The smallest absolute Gasteiger partial charge is 0.422 e. The molecule has 0 fully saturated rings. The van der Waals surface area contributed by atoms with Crippen LogP contribution in [0.2, 0.25) is 5.02 Å². The number of anilines is 2. The summed E-state index contributed by atoms with van der Waals surface area (Å²) in [6, 6.07) is 7.93. The summed E-state index contributed by atoms with van der Waals surface area (Å²) in [5, 5.41) is 5.62. The zero-order valence-electron chi connectivity index (χ0n) is 13.6. The Morgan fingerprint density at radius 3 is 2.58 bits per heavy atom. The van der Waals surface area contributed by atoms with Gasteiger partial charge < -0.3 is 15.4 Å². The maximum Gasteiger partial charge on any atom is 0.422 e. The van der Waals surface area contributed by atoms with Crippen molar-refractivity contribution >= 4 is 28.9 Å². The highest BCUT2D eigenvalue weighted by Gasteiger charge is 2.29. The molecule has 9 heteroatoms. The molecule has 4 nitrogen and oxygen atoms in total. The maximum absolute atomic E-state index is 13.4. The van der Waals surface area contributed by atoms with Crippen molar-refractivity contribution in [3.8, 4) is 5.75 Å². The predicted octanol–water partition coefficient (Wildman–Crippen LogP) is 4.78. The molecule has 0 atom stereocenters. The average Bonchev–Trinajstić information content (AvgIpc) is 2.54. The third-order valence-electron chi connectivity index (χ3n) is 3.25. The standard InChI is InChI=1S/C17H15ClF4N2O2/c1-10-2-3-11(18)6-13(10)24-16(25)8-23-14-7-12(19)4-5-15(14)26-9-17(20,21)22/h2-7,23H,8-9H2,1H3,(H,24,25). The number of amides is 1. The number of carbonyl (C=O) groups excluding carboxylic acids is 1. The van der Waals surface area contributed by atoms with Gasteiger partial charge in [-0.25, -0.2) is 4.39 Å². The molecule has 2 aromatic carbocycles. The third-order valence-corrected chi connectivity index (χ3v) is 3.48. The lowest BCUT2D eigenvalue weighted by Gasteiger charge is -2.15. The van der Waals surface area contributed by atoms with Crippen molar-refractivity contribution in [2.75, 3.05) is 23.8 Å². The molecular weight excluding hydrogens is 376 g/mol. The molecule has 0 unspecified atom stereocenters. The topological polar surface area (TPSA) is 50.4 Å². The van der Waals surface area contributed by atoms with Crippen LogP contribution in [0.3, 0.4) is 0 Å². The average molecular weight is 391 g/mol. The van der Waals surface area contributed by atoms with Crippen molar-refractivity contribution in [1.29, 1.82) is 0 Å². The molecule has 2 N–H and O–H groups in total. The fourth-order valence-corrected chi connectivity index (χ4v) is 2.20. The van der Waals surface area contributed by atoms with Gasteiger partial charge in [0, 0.05) is 16.8 Å². The second kappa shape index (κ2) is 8.27. The molecule has 0 aliphatic carbocycles. The van der Waals surface area contributed by atoms with Crippen LogP contribution in [0, 0.1) is 12.7 Å². The number of ether oxygens (including phenoxy) is 1. The van der Waals surface area contributed by atoms with E-state index in [1.807, 2.05) is 0 Å². The summed E-state index contributed by atoms with van der Waals surface area (Å²) in [6.07, 6.45) is -4.53. The largest absolute Gasteiger partial charge is 0.482 e. The van der Waals surface area contributed by atoms with Crippen LogP contribution in [0.4, 0.5) is 28.9 Å². The molecular formula is C17H15ClF4N2O2. The fraction of sp³-hybridized carbons (Fsp3) is 0.235. The SMILES string of the molecule is Cc1ccc(Cl)cc1NC(=O)CNc1cc(F)ccc1OCC(F)(F)F. The van der Waals surface area contributed by atoms with Gasteiger partial charge in [-0.15, -0.1) is 0 Å². The monoisotopic (exact) mass is 390 g/mol. The first-order valence-corrected chi connectivity index (χ1v) is 7.81. The number of halogens is 5. The van der Waals surface area contributed by atoms with Crippen molar-refractivity contribution in [2.24, 2.45) is 0 Å². The highest BCUT2D eigenvalue weighted by Crippen LogP contribution is 2.27. The van der Waals surface area contributed by atoms with Gasteiger partial charge in [0.2, 0.25) is 5.91 Å². The van der Waals surface area contributed by atoms with Crippen LogP contribution in [0.15, 0.2) is 36.4 Å². The fourth-order valence-electron chi connectivity index (χ4n) is 2.02. The van der Waals surface area contributed by atoms with Gasteiger partial charge in [-0.3, -0.25) is 4.79 Å². The normalized spacial score (nSPS) is 11.2. The van der Waals surface area contributed by atoms with Gasteiger partial charge in [0.05, 0.1) is 12.2 Å². The van der Waals surface area contributed by atoms with E-state index in [9.17, 15) is 22.4 Å². The Labute approximate surface area is 152 Å². The quantitative estimate of drug-likeness (QED) is 0.698. The molecule has 2 aromatic rings. The molecule has 0 saturated carbocycles. The number of alkyl halides is 3. The highest BCUT2D eigenvalue weighted by molar-refractivity contribution is 6.31. The summed E-state index contributed by atoms with van der Waals surface area (Å²) in [5.41, 5.74) is 1.21. The first-order chi connectivity index (χ1) is 12.1. The van der Waals surface area contributed by atoms with Crippen LogP contribution in [0.25, 0.3) is 0 Å². The first-order valence-electron chi connectivity index (χ1n) is 7.43. The van der Waals surface area contributed by atoms with Gasteiger partial charge in [-0.05, 0) is 36.8 Å². The second-order valence-electron chi connectivity index (χ2n) is 5.41. The minimum atomic E-state index is -4.53. The Hall–Kier alpha value is -2.48. The van der Waals surface area contributed by atoms with Gasteiger partial charge >= 0.3 is 6.18 Å². The number of nitrogens with one attached hydrogen (secondary N) is 2. The lowest BCUT2D eigenvalue weighted by atomic mass is 10.2. The summed E-state index contributed by atoms with van der Waals surface area (Å²) in [5.74, 6) is -1.38. The summed E-state index contributed by atoms with van der Waals surface area (Å²) >= 11 is 5.87. The summed E-state index contributed by atoms with van der Waals surface area (Å²) in [4.78, 5) is 12.0. The Balaban J connectivity index is 2.02. The Bertz CT molecular complexity index is 797. The molecule has 0 aliphatic heterocycles. The van der Waals surface area contributed by atoms with Crippen LogP contribution in [0.5, 0.6) is 5.75 Å². The van der Waals surface area contributed by atoms with E-state index in [0.29, 0.717) is 10.7 Å². The molecule has 0 heterocycles. The van der Waals surface area contributed by atoms with Crippen molar-refractivity contribution in [1.82, 2.24) is 0 Å². The van der Waals surface area contributed by atoms with Crippen molar-refractivity contribution in [3.05, 3.63) is 52.8 Å². The lowest BCUT2D eigenvalue weighted by Crippen LogP contribution is -2.23. The van der Waals surface area contributed by atoms with E-state index in [1.165, 1.54) is 0 Å². The lowest BCUT2D eigenvalue weighted by molar-refractivity contribution is -0.153. The van der Waals surface area contributed by atoms with E-state index < -0.39 is 24.5 Å². The number of aryl methyl sites for hydroxylation is 1. The van der Waals surface area contributed by atoms with Crippen LogP contribution >= 0.6 is 11.6 Å². The Morgan fingerprint density at radius 1 is 1.15 bits per heavy atom. The van der Waals surface area contributed by atoms with E-state index >= 15 is 0 Å². The number of hydrogen-bond donors (Lipinski definition) is 2. The molecule has 0 aromatic heterocycles. The van der Waals surface area contributed by atoms with Crippen LogP contribution in [-0.2, 0) is 4.79 Å². The molecule has 1 amide bonds. The molecule has 0 bridgehead atoms. The molecule has 0 saturated heterocycles. The van der Waals surface area contributed by atoms with Gasteiger partial charge in [0.15, 0.2) is 6.61 Å². The Kier molecular flexibility index (Phi) is 6.31. The minimum Gasteiger partial charge on any atom is -0.482 e. The number of rotatable bonds is 6. The third kappa shape index (κ3) is 6.11. The number of carbonyl (C=O) groups is 1. The first kappa shape index (κ1) is 19.8. The molecule has 140 valence electrons. The van der Waals surface area contributed by atoms with Crippen molar-refractivity contribution < 1.29 is 27.1 Å². The van der Waals surface area contributed by atoms with Crippen LogP contribution in [-0.4, -0.2) is 25.2 Å². The summed E-state index contributed by atoms with van der Waals surface area (Å²) in [6.45, 7) is -0.0615. The Morgan fingerprint density at radius 2 is 1.88 bits per heavy atom. The summed E-state index contributed by atoms with van der Waals surface area (Å²) in [7, 11) is 0.